The van der Waals surface area contributed by atoms with Crippen LogP contribution in [0, 0.1) is 11.8 Å². The molecule has 0 aromatic carbocycles. The molecular weight excluding hydrogens is 210 g/mol. The third-order valence-electron chi connectivity index (χ3n) is 2.49. The maximum Gasteiger partial charge on any atom is 0.233 e. The number of amides is 1. The molecule has 1 rings (SSSR count). The van der Waals surface area contributed by atoms with Crippen LogP contribution in [0.1, 0.15) is 13.8 Å². The second-order valence-corrected chi connectivity index (χ2v) is 4.81. The number of hydrogen-bond acceptors (Lipinski definition) is 3. The maximum absolute atomic E-state index is 12.0. The Labute approximate surface area is 94.3 Å². The van der Waals surface area contributed by atoms with Gasteiger partial charge in [0.2, 0.25) is 5.91 Å². The number of rotatable bonds is 4. The molecule has 0 aliphatic carbocycles. The van der Waals surface area contributed by atoms with E-state index in [0.717, 1.165) is 5.00 Å². The summed E-state index contributed by atoms with van der Waals surface area (Å²) in [6, 6.07) is 3.81. The van der Waals surface area contributed by atoms with E-state index in [-0.39, 0.29) is 24.3 Å². The van der Waals surface area contributed by atoms with E-state index in [1.54, 1.807) is 11.9 Å². The average Bonchev–Trinajstić information content (AvgIpc) is 2.69. The average molecular weight is 227 g/mol. The van der Waals surface area contributed by atoms with Crippen molar-refractivity contribution in [2.24, 2.45) is 11.8 Å². The van der Waals surface area contributed by atoms with Gasteiger partial charge in [-0.15, -0.1) is 11.3 Å². The molecule has 84 valence electrons. The van der Waals surface area contributed by atoms with Gasteiger partial charge in [-0.3, -0.25) is 4.79 Å². The number of aliphatic hydroxyl groups is 1. The number of anilines is 1. The molecule has 0 aliphatic heterocycles. The van der Waals surface area contributed by atoms with Crippen LogP contribution in [0.15, 0.2) is 17.5 Å². The van der Waals surface area contributed by atoms with Crippen LogP contribution in [0.5, 0.6) is 0 Å². The zero-order chi connectivity index (χ0) is 11.4. The van der Waals surface area contributed by atoms with Crippen LogP contribution >= 0.6 is 11.3 Å². The summed E-state index contributed by atoms with van der Waals surface area (Å²) < 4.78 is 0. The molecule has 0 bridgehead atoms. The SMILES string of the molecule is CC(C)C(CO)C(=O)N(C)c1cccs1. The van der Waals surface area contributed by atoms with Crippen molar-refractivity contribution in [3.05, 3.63) is 17.5 Å². The number of carbonyl (C=O) groups excluding carboxylic acids is 1. The topological polar surface area (TPSA) is 40.5 Å². The van der Waals surface area contributed by atoms with E-state index in [9.17, 15) is 4.79 Å². The molecule has 1 amide bonds. The van der Waals surface area contributed by atoms with Gasteiger partial charge < -0.3 is 10.0 Å². The zero-order valence-corrected chi connectivity index (χ0v) is 10.1. The smallest absolute Gasteiger partial charge is 0.233 e. The summed E-state index contributed by atoms with van der Waals surface area (Å²) in [6.45, 7) is 3.80. The fourth-order valence-electron chi connectivity index (χ4n) is 1.39. The standard InChI is InChI=1S/C11H17NO2S/c1-8(2)9(7-13)11(14)12(3)10-5-4-6-15-10/h4-6,8-9,13H,7H2,1-3H3. The third kappa shape index (κ3) is 2.79. The fraction of sp³-hybridized carbons (Fsp3) is 0.545. The van der Waals surface area contributed by atoms with E-state index in [1.165, 1.54) is 11.3 Å². The van der Waals surface area contributed by atoms with Crippen molar-refractivity contribution in [3.63, 3.8) is 0 Å². The Balaban J connectivity index is 2.75. The van der Waals surface area contributed by atoms with E-state index in [2.05, 4.69) is 0 Å². The lowest BCUT2D eigenvalue weighted by Crippen LogP contribution is -2.36. The Kier molecular flexibility index (Phi) is 4.29. The van der Waals surface area contributed by atoms with E-state index < -0.39 is 0 Å². The Morgan fingerprint density at radius 2 is 2.27 bits per heavy atom. The molecule has 1 heterocycles. The van der Waals surface area contributed by atoms with Crippen LogP contribution in [-0.2, 0) is 4.79 Å². The number of thiophene rings is 1. The molecule has 3 nitrogen and oxygen atoms in total. The lowest BCUT2D eigenvalue weighted by Gasteiger charge is -2.23. The maximum atomic E-state index is 12.0. The van der Waals surface area contributed by atoms with Crippen LogP contribution < -0.4 is 4.90 Å². The van der Waals surface area contributed by atoms with Gasteiger partial charge in [0.25, 0.3) is 0 Å². The van der Waals surface area contributed by atoms with Crippen molar-refractivity contribution in [1.29, 1.82) is 0 Å². The van der Waals surface area contributed by atoms with Gasteiger partial charge >= 0.3 is 0 Å². The predicted octanol–water partition coefficient (Wildman–Crippen LogP) is 1.98. The van der Waals surface area contributed by atoms with Crippen molar-refractivity contribution in [3.8, 4) is 0 Å². The van der Waals surface area contributed by atoms with Gasteiger partial charge in [-0.25, -0.2) is 0 Å². The number of hydrogen-bond donors (Lipinski definition) is 1. The first-order valence-corrected chi connectivity index (χ1v) is 5.87. The predicted molar refractivity (Wildman–Crippen MR) is 63.1 cm³/mol. The summed E-state index contributed by atoms with van der Waals surface area (Å²) in [5.74, 6) is -0.169. The van der Waals surface area contributed by atoms with Gasteiger partial charge in [-0.05, 0) is 23.4 Å². The fourth-order valence-corrected chi connectivity index (χ4v) is 2.09. The first-order valence-electron chi connectivity index (χ1n) is 4.99. The lowest BCUT2D eigenvalue weighted by atomic mass is 9.95. The molecule has 0 spiro atoms. The van der Waals surface area contributed by atoms with Gasteiger partial charge in [0.15, 0.2) is 0 Å². The van der Waals surface area contributed by atoms with E-state index in [4.69, 9.17) is 5.11 Å². The molecule has 0 fully saturated rings. The molecule has 0 radical (unpaired) electrons. The number of nitrogens with zero attached hydrogens (tertiary/aromatic N) is 1. The molecule has 0 saturated heterocycles. The van der Waals surface area contributed by atoms with Crippen molar-refractivity contribution >= 4 is 22.2 Å². The summed E-state index contributed by atoms with van der Waals surface area (Å²) in [5.41, 5.74) is 0. The molecule has 1 atom stereocenters. The molecule has 1 unspecified atom stereocenters. The van der Waals surface area contributed by atoms with Crippen molar-refractivity contribution in [1.82, 2.24) is 0 Å². The zero-order valence-electron chi connectivity index (χ0n) is 9.30. The minimum absolute atomic E-state index is 0.0186. The van der Waals surface area contributed by atoms with Crippen molar-refractivity contribution in [2.45, 2.75) is 13.8 Å². The van der Waals surface area contributed by atoms with Crippen molar-refractivity contribution < 1.29 is 9.90 Å². The first kappa shape index (κ1) is 12.2. The molecule has 1 N–H and O–H groups in total. The normalized spacial score (nSPS) is 12.9. The van der Waals surface area contributed by atoms with Gasteiger partial charge in [0.1, 0.15) is 0 Å². The number of aliphatic hydroxyl groups excluding tert-OH is 1. The van der Waals surface area contributed by atoms with Crippen LogP contribution in [0.3, 0.4) is 0 Å². The third-order valence-corrected chi connectivity index (χ3v) is 3.43. The summed E-state index contributed by atoms with van der Waals surface area (Å²) in [6.07, 6.45) is 0. The molecule has 4 heteroatoms. The minimum atomic E-state index is -0.308. The molecule has 0 saturated carbocycles. The summed E-state index contributed by atoms with van der Waals surface area (Å²) in [4.78, 5) is 13.6. The largest absolute Gasteiger partial charge is 0.396 e. The van der Waals surface area contributed by atoms with Crippen LogP contribution in [0.4, 0.5) is 5.00 Å². The summed E-state index contributed by atoms with van der Waals surface area (Å²) >= 11 is 1.52. The highest BCUT2D eigenvalue weighted by atomic mass is 32.1. The highest BCUT2D eigenvalue weighted by Gasteiger charge is 2.25. The first-order chi connectivity index (χ1) is 7.07. The summed E-state index contributed by atoms with van der Waals surface area (Å²) in [7, 11) is 1.75. The van der Waals surface area contributed by atoms with Gasteiger partial charge in [0.05, 0.1) is 17.5 Å². The summed E-state index contributed by atoms with van der Waals surface area (Å²) in [5, 5.41) is 12.0. The van der Waals surface area contributed by atoms with E-state index in [1.807, 2.05) is 31.4 Å². The molecule has 1 aromatic rings. The quantitative estimate of drug-likeness (QED) is 0.854. The second kappa shape index (κ2) is 5.28. The minimum Gasteiger partial charge on any atom is -0.396 e. The Morgan fingerprint density at radius 1 is 1.60 bits per heavy atom. The van der Waals surface area contributed by atoms with Crippen molar-refractivity contribution in [2.75, 3.05) is 18.6 Å². The monoisotopic (exact) mass is 227 g/mol. The molecule has 0 aliphatic rings. The van der Waals surface area contributed by atoms with Gasteiger partial charge in [0, 0.05) is 7.05 Å². The van der Waals surface area contributed by atoms with Crippen LogP contribution in [0.25, 0.3) is 0 Å². The highest BCUT2D eigenvalue weighted by molar-refractivity contribution is 7.14. The highest BCUT2D eigenvalue weighted by Crippen LogP contribution is 2.23. The van der Waals surface area contributed by atoms with Gasteiger partial charge in [-0.1, -0.05) is 13.8 Å². The second-order valence-electron chi connectivity index (χ2n) is 3.88. The molecule has 15 heavy (non-hydrogen) atoms. The van der Waals surface area contributed by atoms with E-state index in [0.29, 0.717) is 0 Å². The van der Waals surface area contributed by atoms with Gasteiger partial charge in [-0.2, -0.15) is 0 Å². The Morgan fingerprint density at radius 3 is 2.67 bits per heavy atom. The Hall–Kier alpha value is -0.870. The molecular formula is C11H17NO2S. The Bertz CT molecular complexity index is 308. The molecule has 1 aromatic heterocycles. The van der Waals surface area contributed by atoms with Crippen LogP contribution in [-0.4, -0.2) is 24.7 Å². The van der Waals surface area contributed by atoms with Crippen LogP contribution in [0.2, 0.25) is 0 Å². The number of carbonyl (C=O) groups is 1. The lowest BCUT2D eigenvalue weighted by molar-refractivity contribution is -0.124. The van der Waals surface area contributed by atoms with E-state index >= 15 is 0 Å².